The number of fused-ring (bicyclic) bond motifs is 1. The fourth-order valence-electron chi connectivity index (χ4n) is 4.30. The number of carbonyl (C=O) groups is 2. The molecule has 0 amide bonds. The number of benzene rings is 1. The van der Waals surface area contributed by atoms with E-state index in [0.29, 0.717) is 6.42 Å². The summed E-state index contributed by atoms with van der Waals surface area (Å²) in [5.74, 6) is -2.20. The van der Waals surface area contributed by atoms with Crippen LogP contribution >= 0.6 is 0 Å². The van der Waals surface area contributed by atoms with E-state index in [1.165, 1.54) is 0 Å². The van der Waals surface area contributed by atoms with Crippen LogP contribution in [0.15, 0.2) is 41.5 Å². The summed E-state index contributed by atoms with van der Waals surface area (Å²) in [7, 11) is 0. The Kier molecular flexibility index (Phi) is 4.91. The van der Waals surface area contributed by atoms with E-state index in [1.54, 1.807) is 6.92 Å². The largest absolute Gasteiger partial charge is 0.464 e. The molecule has 0 aliphatic heterocycles. The maximum absolute atomic E-state index is 13.5. The average molecular weight is 348 g/mol. The third kappa shape index (κ3) is 2.52. The first kappa shape index (κ1) is 17.9. The zero-order valence-electron chi connectivity index (χ0n) is 14.7. The number of hydrogen-bond acceptors (Lipinski definition) is 5. The van der Waals surface area contributed by atoms with Crippen LogP contribution in [0.25, 0.3) is 0 Å². The molecule has 5 heteroatoms. The number of hydrogen-bond donors (Lipinski definition) is 0. The van der Waals surface area contributed by atoms with Gasteiger partial charge in [0.25, 0.3) is 0 Å². The monoisotopic (exact) mass is 348 g/mol. The van der Waals surface area contributed by atoms with E-state index in [0.717, 1.165) is 30.4 Å². The zero-order valence-corrected chi connectivity index (χ0v) is 14.7. The minimum Gasteiger partial charge on any atom is -0.464 e. The third-order valence-electron chi connectivity index (χ3n) is 5.43. The topological polar surface area (TPSA) is 90.9 Å². The SMILES string of the molecule is CCOC(=O)C1(C#N)C(=O)C(c2ccccc2)C2CCCCC2=C1C#N. The molecule has 0 heterocycles. The number of ether oxygens (including phenoxy) is 1. The van der Waals surface area contributed by atoms with Crippen molar-refractivity contribution in [3.63, 3.8) is 0 Å². The van der Waals surface area contributed by atoms with Crippen molar-refractivity contribution < 1.29 is 14.3 Å². The zero-order chi connectivity index (χ0) is 18.7. The Morgan fingerprint density at radius 3 is 2.62 bits per heavy atom. The van der Waals surface area contributed by atoms with Gasteiger partial charge in [0.05, 0.1) is 30.2 Å². The van der Waals surface area contributed by atoms with Gasteiger partial charge in [0.15, 0.2) is 5.78 Å². The van der Waals surface area contributed by atoms with Crippen LogP contribution in [0.5, 0.6) is 0 Å². The number of allylic oxidation sites excluding steroid dienone is 1. The lowest BCUT2D eigenvalue weighted by Gasteiger charge is -2.41. The lowest BCUT2D eigenvalue weighted by atomic mass is 9.57. The molecule has 0 aromatic heterocycles. The molecule has 1 aromatic carbocycles. The first-order valence-electron chi connectivity index (χ1n) is 8.93. The fourth-order valence-corrected chi connectivity index (χ4v) is 4.30. The summed E-state index contributed by atoms with van der Waals surface area (Å²) in [6.07, 6.45) is 3.25. The van der Waals surface area contributed by atoms with Gasteiger partial charge in [-0.3, -0.25) is 4.79 Å². The molecule has 0 bridgehead atoms. The quantitative estimate of drug-likeness (QED) is 0.616. The summed E-state index contributed by atoms with van der Waals surface area (Å²) >= 11 is 0. The van der Waals surface area contributed by atoms with E-state index in [1.807, 2.05) is 42.5 Å². The molecule has 2 aliphatic rings. The highest BCUT2D eigenvalue weighted by molar-refractivity contribution is 6.14. The Hall–Kier alpha value is -2.92. The van der Waals surface area contributed by atoms with Crippen molar-refractivity contribution in [2.45, 2.75) is 38.5 Å². The first-order valence-corrected chi connectivity index (χ1v) is 8.93. The lowest BCUT2D eigenvalue weighted by Crippen LogP contribution is -2.50. The van der Waals surface area contributed by atoms with Gasteiger partial charge in [0.2, 0.25) is 5.41 Å². The highest BCUT2D eigenvalue weighted by Crippen LogP contribution is 2.52. The van der Waals surface area contributed by atoms with E-state index in [-0.39, 0.29) is 18.1 Å². The summed E-state index contributed by atoms with van der Waals surface area (Å²) in [6, 6.07) is 13.1. The molecule has 1 aromatic rings. The van der Waals surface area contributed by atoms with Crippen LogP contribution < -0.4 is 0 Å². The van der Waals surface area contributed by atoms with Crippen molar-refractivity contribution in [2.24, 2.45) is 11.3 Å². The molecule has 26 heavy (non-hydrogen) atoms. The summed E-state index contributed by atoms with van der Waals surface area (Å²) < 4.78 is 5.07. The minimum absolute atomic E-state index is 0.000307. The van der Waals surface area contributed by atoms with Gasteiger partial charge >= 0.3 is 5.97 Å². The summed E-state index contributed by atoms with van der Waals surface area (Å²) in [6.45, 7) is 1.66. The Morgan fingerprint density at radius 2 is 2.00 bits per heavy atom. The molecule has 3 rings (SSSR count). The molecular weight excluding hydrogens is 328 g/mol. The van der Waals surface area contributed by atoms with Crippen LogP contribution in [0, 0.1) is 34.0 Å². The van der Waals surface area contributed by atoms with Crippen LogP contribution in [0.2, 0.25) is 0 Å². The number of nitriles is 2. The molecule has 0 N–H and O–H groups in total. The molecule has 5 nitrogen and oxygen atoms in total. The van der Waals surface area contributed by atoms with Crippen LogP contribution in [0.1, 0.15) is 44.1 Å². The second kappa shape index (κ2) is 7.14. The number of ketones is 1. The summed E-state index contributed by atoms with van der Waals surface area (Å²) in [5, 5.41) is 19.7. The van der Waals surface area contributed by atoms with E-state index in [2.05, 4.69) is 0 Å². The molecule has 2 aliphatic carbocycles. The predicted molar refractivity (Wildman–Crippen MR) is 93.5 cm³/mol. The number of carbonyl (C=O) groups excluding carboxylic acids is 2. The van der Waals surface area contributed by atoms with Crippen LogP contribution in [-0.4, -0.2) is 18.4 Å². The van der Waals surface area contributed by atoms with Crippen LogP contribution in [0.3, 0.4) is 0 Å². The number of Topliss-reactive ketones (excluding diaryl/α,β-unsaturated/α-hetero) is 1. The van der Waals surface area contributed by atoms with Crippen molar-refractivity contribution in [3.8, 4) is 12.1 Å². The fraction of sp³-hybridized carbons (Fsp3) is 0.429. The summed E-state index contributed by atoms with van der Waals surface area (Å²) in [5.41, 5.74) is -0.598. The Labute approximate surface area is 152 Å². The van der Waals surface area contributed by atoms with Gasteiger partial charge in [-0.15, -0.1) is 0 Å². The first-order chi connectivity index (χ1) is 12.6. The second-order valence-corrected chi connectivity index (χ2v) is 6.70. The Balaban J connectivity index is 2.27. The minimum atomic E-state index is -2.16. The molecule has 1 saturated carbocycles. The van der Waals surface area contributed by atoms with Gasteiger partial charge in [-0.05, 0) is 43.2 Å². The van der Waals surface area contributed by atoms with Crippen molar-refractivity contribution in [2.75, 3.05) is 6.61 Å². The molecule has 132 valence electrons. The van der Waals surface area contributed by atoms with Crippen LogP contribution in [-0.2, 0) is 14.3 Å². The standard InChI is InChI=1S/C21H20N2O3/c1-2-26-20(25)21(13-23)17(12-22)15-10-6-7-11-16(15)18(19(21)24)14-8-4-3-5-9-14/h3-5,8-9,16,18H,2,6-7,10-11H2,1H3. The normalized spacial score (nSPS) is 27.9. The number of nitrogens with zero attached hydrogens (tertiary/aromatic N) is 2. The van der Waals surface area contributed by atoms with Crippen molar-refractivity contribution in [1.82, 2.24) is 0 Å². The maximum Gasteiger partial charge on any atom is 0.339 e. The van der Waals surface area contributed by atoms with E-state index >= 15 is 0 Å². The molecule has 3 unspecified atom stereocenters. The molecule has 0 spiro atoms. The van der Waals surface area contributed by atoms with E-state index in [4.69, 9.17) is 4.74 Å². The van der Waals surface area contributed by atoms with Gasteiger partial charge in [-0.25, -0.2) is 4.79 Å². The van der Waals surface area contributed by atoms with E-state index in [9.17, 15) is 20.1 Å². The van der Waals surface area contributed by atoms with Crippen LogP contribution in [0.4, 0.5) is 0 Å². The smallest absolute Gasteiger partial charge is 0.339 e. The molecule has 0 radical (unpaired) electrons. The lowest BCUT2D eigenvalue weighted by molar-refractivity contribution is -0.155. The number of esters is 1. The van der Waals surface area contributed by atoms with Crippen molar-refractivity contribution >= 4 is 11.8 Å². The Bertz CT molecular complexity index is 844. The third-order valence-corrected chi connectivity index (χ3v) is 5.43. The number of rotatable bonds is 3. The van der Waals surface area contributed by atoms with Gasteiger partial charge in [0.1, 0.15) is 0 Å². The Morgan fingerprint density at radius 1 is 1.27 bits per heavy atom. The molecular formula is C21H20N2O3. The predicted octanol–water partition coefficient (Wildman–Crippen LogP) is 3.44. The van der Waals surface area contributed by atoms with Crippen molar-refractivity contribution in [1.29, 1.82) is 10.5 Å². The maximum atomic E-state index is 13.5. The average Bonchev–Trinajstić information content (AvgIpc) is 2.68. The van der Waals surface area contributed by atoms with Gasteiger partial charge in [-0.1, -0.05) is 36.8 Å². The highest BCUT2D eigenvalue weighted by atomic mass is 16.5. The van der Waals surface area contributed by atoms with Gasteiger partial charge in [-0.2, -0.15) is 10.5 Å². The molecule has 3 atom stereocenters. The second-order valence-electron chi connectivity index (χ2n) is 6.70. The van der Waals surface area contributed by atoms with Gasteiger partial charge < -0.3 is 4.74 Å². The van der Waals surface area contributed by atoms with Crippen molar-refractivity contribution in [3.05, 3.63) is 47.0 Å². The molecule has 1 fully saturated rings. The van der Waals surface area contributed by atoms with Gasteiger partial charge in [0, 0.05) is 0 Å². The molecule has 0 saturated heterocycles. The summed E-state index contributed by atoms with van der Waals surface area (Å²) in [4.78, 5) is 26.2. The highest BCUT2D eigenvalue weighted by Gasteiger charge is 2.60. The van der Waals surface area contributed by atoms with E-state index < -0.39 is 23.1 Å².